The molecule has 5 heteroatoms. The molecule has 2 aliphatic rings. The molecule has 3 atom stereocenters. The van der Waals surface area contributed by atoms with Gasteiger partial charge in [0.25, 0.3) is 0 Å². The van der Waals surface area contributed by atoms with Crippen molar-refractivity contribution in [1.82, 2.24) is 10.6 Å². The number of carbonyl (C=O) groups excluding carboxylic acids is 2. The monoisotopic (exact) mass is 240 g/mol. The van der Waals surface area contributed by atoms with Gasteiger partial charge in [-0.15, -0.1) is 0 Å². The molecule has 3 unspecified atom stereocenters. The highest BCUT2D eigenvalue weighted by atomic mass is 16.5. The van der Waals surface area contributed by atoms with E-state index in [-0.39, 0.29) is 17.9 Å². The van der Waals surface area contributed by atoms with Gasteiger partial charge in [-0.05, 0) is 32.1 Å². The van der Waals surface area contributed by atoms with Gasteiger partial charge in [0.1, 0.15) is 0 Å². The van der Waals surface area contributed by atoms with Crippen LogP contribution in [0.15, 0.2) is 0 Å². The Balaban J connectivity index is 1.83. The molecule has 5 nitrogen and oxygen atoms in total. The summed E-state index contributed by atoms with van der Waals surface area (Å²) in [6, 6.07) is 0.117. The van der Waals surface area contributed by atoms with Gasteiger partial charge in [0.05, 0.1) is 12.1 Å². The summed E-state index contributed by atoms with van der Waals surface area (Å²) in [5, 5.41) is 5.72. The van der Waals surface area contributed by atoms with Crippen molar-refractivity contribution in [2.45, 2.75) is 56.7 Å². The second-order valence-electron chi connectivity index (χ2n) is 4.89. The summed E-state index contributed by atoms with van der Waals surface area (Å²) >= 11 is 0. The van der Waals surface area contributed by atoms with Crippen LogP contribution in [0, 0.1) is 0 Å². The fourth-order valence-electron chi connectivity index (χ4n) is 2.65. The van der Waals surface area contributed by atoms with Crippen LogP contribution in [-0.4, -0.2) is 37.1 Å². The van der Waals surface area contributed by atoms with Crippen molar-refractivity contribution in [3.05, 3.63) is 0 Å². The lowest BCUT2D eigenvalue weighted by Gasteiger charge is -2.32. The molecule has 1 aliphatic heterocycles. The highest BCUT2D eigenvalue weighted by Crippen LogP contribution is 2.21. The normalized spacial score (nSPS) is 34.5. The van der Waals surface area contributed by atoms with Gasteiger partial charge in [-0.25, -0.2) is 0 Å². The first-order valence-electron chi connectivity index (χ1n) is 6.31. The minimum atomic E-state index is -0.215. The summed E-state index contributed by atoms with van der Waals surface area (Å²) in [6.45, 7) is 0. The summed E-state index contributed by atoms with van der Waals surface area (Å²) in [7, 11) is 1.74. The quantitative estimate of drug-likeness (QED) is 0.698. The molecule has 0 spiro atoms. The first kappa shape index (κ1) is 12.5. The summed E-state index contributed by atoms with van der Waals surface area (Å²) < 4.78 is 5.36. The Bertz CT molecular complexity index is 306. The van der Waals surface area contributed by atoms with E-state index in [1.165, 1.54) is 0 Å². The van der Waals surface area contributed by atoms with Crippen LogP contribution >= 0.6 is 0 Å². The first-order chi connectivity index (χ1) is 8.19. The van der Waals surface area contributed by atoms with Crippen LogP contribution in [0.25, 0.3) is 0 Å². The largest absolute Gasteiger partial charge is 0.381 e. The molecule has 1 saturated carbocycles. The maximum Gasteiger partial charge on any atom is 0.243 e. The number of rotatable bonds is 3. The Morgan fingerprint density at radius 1 is 1.29 bits per heavy atom. The Morgan fingerprint density at radius 2 is 2.12 bits per heavy atom. The van der Waals surface area contributed by atoms with Gasteiger partial charge in [-0.2, -0.15) is 0 Å². The fourth-order valence-corrected chi connectivity index (χ4v) is 2.65. The molecule has 17 heavy (non-hydrogen) atoms. The zero-order valence-corrected chi connectivity index (χ0v) is 10.2. The highest BCUT2D eigenvalue weighted by molar-refractivity contribution is 6.00. The van der Waals surface area contributed by atoms with Crippen molar-refractivity contribution in [2.24, 2.45) is 0 Å². The summed E-state index contributed by atoms with van der Waals surface area (Å²) in [4.78, 5) is 22.6. The number of ether oxygens (including phenoxy) is 1. The van der Waals surface area contributed by atoms with Gasteiger partial charge in [0.15, 0.2) is 0 Å². The third-order valence-electron chi connectivity index (χ3n) is 3.64. The number of nitrogens with one attached hydrogen (secondary N) is 2. The van der Waals surface area contributed by atoms with Crippen LogP contribution in [0.5, 0.6) is 0 Å². The predicted octanol–water partition coefficient (Wildman–Crippen LogP) is 0.339. The zero-order chi connectivity index (χ0) is 12.3. The Labute approximate surface area is 101 Å². The molecule has 0 aromatic heterocycles. The summed E-state index contributed by atoms with van der Waals surface area (Å²) in [5.41, 5.74) is 0. The topological polar surface area (TPSA) is 67.4 Å². The first-order valence-corrected chi connectivity index (χ1v) is 6.31. The Hall–Kier alpha value is -0.940. The fraction of sp³-hybridized carbons (Fsp3) is 0.833. The Kier molecular flexibility index (Phi) is 4.12. The smallest absolute Gasteiger partial charge is 0.243 e. The van der Waals surface area contributed by atoms with E-state index >= 15 is 0 Å². The van der Waals surface area contributed by atoms with Crippen molar-refractivity contribution in [3.8, 4) is 0 Å². The molecule has 2 amide bonds. The van der Waals surface area contributed by atoms with Gasteiger partial charge in [-0.1, -0.05) is 0 Å². The number of amides is 2. The molecule has 2 rings (SSSR count). The second-order valence-corrected chi connectivity index (χ2v) is 4.89. The second kappa shape index (κ2) is 5.60. The lowest BCUT2D eigenvalue weighted by atomic mass is 9.91. The molecule has 0 aromatic carbocycles. The molecule has 96 valence electrons. The highest BCUT2D eigenvalue weighted by Gasteiger charge is 2.30. The molecule has 1 heterocycles. The number of hydrogen-bond donors (Lipinski definition) is 2. The third-order valence-corrected chi connectivity index (χ3v) is 3.64. The van der Waals surface area contributed by atoms with Crippen molar-refractivity contribution in [1.29, 1.82) is 0 Å². The van der Waals surface area contributed by atoms with E-state index in [1.54, 1.807) is 7.11 Å². The zero-order valence-electron chi connectivity index (χ0n) is 10.2. The molecule has 2 fully saturated rings. The van der Waals surface area contributed by atoms with Gasteiger partial charge in [0, 0.05) is 19.6 Å². The van der Waals surface area contributed by atoms with Crippen LogP contribution < -0.4 is 10.6 Å². The SMILES string of the molecule is COC1CCCC(NC2CCC(=O)NC2=O)C1. The minimum Gasteiger partial charge on any atom is -0.381 e. The van der Waals surface area contributed by atoms with E-state index < -0.39 is 0 Å². The predicted molar refractivity (Wildman–Crippen MR) is 62.4 cm³/mol. The average Bonchev–Trinajstić information content (AvgIpc) is 2.33. The average molecular weight is 240 g/mol. The maximum atomic E-state index is 11.6. The molecule has 0 radical (unpaired) electrons. The van der Waals surface area contributed by atoms with Gasteiger partial charge in [-0.3, -0.25) is 14.9 Å². The molecule has 1 aliphatic carbocycles. The van der Waals surface area contributed by atoms with Crippen molar-refractivity contribution >= 4 is 11.8 Å². The van der Waals surface area contributed by atoms with Crippen LogP contribution in [0.4, 0.5) is 0 Å². The van der Waals surface area contributed by atoms with Crippen LogP contribution in [0.2, 0.25) is 0 Å². The molecular weight excluding hydrogens is 220 g/mol. The van der Waals surface area contributed by atoms with E-state index in [1.807, 2.05) is 0 Å². The van der Waals surface area contributed by atoms with Crippen LogP contribution in [0.1, 0.15) is 38.5 Å². The van der Waals surface area contributed by atoms with E-state index in [2.05, 4.69) is 10.6 Å². The molecular formula is C12H20N2O3. The molecule has 0 aromatic rings. The molecule has 0 bridgehead atoms. The summed E-state index contributed by atoms with van der Waals surface area (Å²) in [6.07, 6.45) is 5.61. The minimum absolute atomic E-state index is 0.161. The standard InChI is InChI=1S/C12H20N2O3/c1-17-9-4-2-3-8(7-9)13-10-5-6-11(15)14-12(10)16/h8-10,13H,2-7H2,1H3,(H,14,15,16). The van der Waals surface area contributed by atoms with Crippen LogP contribution in [-0.2, 0) is 14.3 Å². The maximum absolute atomic E-state index is 11.6. The number of carbonyl (C=O) groups is 2. The number of methoxy groups -OCH3 is 1. The van der Waals surface area contributed by atoms with E-state index in [4.69, 9.17) is 4.74 Å². The van der Waals surface area contributed by atoms with E-state index in [0.717, 1.165) is 25.7 Å². The van der Waals surface area contributed by atoms with Gasteiger partial charge in [0.2, 0.25) is 11.8 Å². The molecule has 2 N–H and O–H groups in total. The molecule has 1 saturated heterocycles. The third kappa shape index (κ3) is 3.26. The van der Waals surface area contributed by atoms with Crippen molar-refractivity contribution in [3.63, 3.8) is 0 Å². The van der Waals surface area contributed by atoms with E-state index in [0.29, 0.717) is 25.0 Å². The van der Waals surface area contributed by atoms with Gasteiger partial charge < -0.3 is 10.1 Å². The van der Waals surface area contributed by atoms with Crippen LogP contribution in [0.3, 0.4) is 0 Å². The van der Waals surface area contributed by atoms with Gasteiger partial charge >= 0.3 is 0 Å². The Morgan fingerprint density at radius 3 is 2.82 bits per heavy atom. The summed E-state index contributed by atoms with van der Waals surface area (Å²) in [5.74, 6) is -0.341. The number of piperidine rings is 1. The van der Waals surface area contributed by atoms with Crippen molar-refractivity contribution in [2.75, 3.05) is 7.11 Å². The number of imide groups is 1. The van der Waals surface area contributed by atoms with E-state index in [9.17, 15) is 9.59 Å². The van der Waals surface area contributed by atoms with Crippen molar-refractivity contribution < 1.29 is 14.3 Å². The lowest BCUT2D eigenvalue weighted by molar-refractivity contribution is -0.135. The lowest BCUT2D eigenvalue weighted by Crippen LogP contribution is -2.54. The number of hydrogen-bond acceptors (Lipinski definition) is 4.